The molecule has 2 aromatic carbocycles. The van der Waals surface area contributed by atoms with Crippen molar-refractivity contribution >= 4 is 17.3 Å². The van der Waals surface area contributed by atoms with Crippen LogP contribution in [0.15, 0.2) is 60.7 Å². The van der Waals surface area contributed by atoms with Crippen molar-refractivity contribution in [1.82, 2.24) is 14.9 Å². The van der Waals surface area contributed by atoms with Crippen molar-refractivity contribution in [3.05, 3.63) is 66.5 Å². The van der Waals surface area contributed by atoms with E-state index in [0.717, 1.165) is 60.8 Å². The maximum Gasteiger partial charge on any atom is 0.150 e. The Morgan fingerprint density at radius 2 is 1.61 bits per heavy atom. The standard InChI is InChI=1S/C22H25N5O/c1-17-23-21(16-22(24-17)27-14-12-26(2)13-15-27)25-19-10-6-7-11-20(19)28-18-8-4-3-5-9-18/h3-11,16H,12-15H2,1-2H3,(H,23,24,25). The van der Waals surface area contributed by atoms with E-state index in [1.165, 1.54) is 0 Å². The molecule has 6 nitrogen and oxygen atoms in total. The number of likely N-dealkylation sites (N-methyl/N-ethyl adjacent to an activating group) is 1. The molecule has 0 spiro atoms. The third-order valence-electron chi connectivity index (χ3n) is 4.77. The smallest absolute Gasteiger partial charge is 0.150 e. The minimum Gasteiger partial charge on any atom is -0.455 e. The zero-order valence-electron chi connectivity index (χ0n) is 16.3. The van der Waals surface area contributed by atoms with Gasteiger partial charge in [0.15, 0.2) is 5.75 Å². The molecule has 1 fully saturated rings. The number of hydrogen-bond acceptors (Lipinski definition) is 6. The number of anilines is 3. The molecular weight excluding hydrogens is 350 g/mol. The van der Waals surface area contributed by atoms with Gasteiger partial charge in [-0.05, 0) is 38.2 Å². The fourth-order valence-corrected chi connectivity index (χ4v) is 3.23. The number of rotatable bonds is 5. The van der Waals surface area contributed by atoms with Crippen molar-refractivity contribution in [1.29, 1.82) is 0 Å². The van der Waals surface area contributed by atoms with Crippen LogP contribution in [0.3, 0.4) is 0 Å². The molecular formula is C22H25N5O. The van der Waals surface area contributed by atoms with Gasteiger partial charge in [-0.25, -0.2) is 9.97 Å². The summed E-state index contributed by atoms with van der Waals surface area (Å²) in [7, 11) is 2.15. The lowest BCUT2D eigenvalue weighted by molar-refractivity contribution is 0.312. The highest BCUT2D eigenvalue weighted by Gasteiger charge is 2.17. The summed E-state index contributed by atoms with van der Waals surface area (Å²) in [6, 6.07) is 19.7. The van der Waals surface area contributed by atoms with Crippen LogP contribution in [0, 0.1) is 6.92 Å². The normalized spacial score (nSPS) is 14.7. The van der Waals surface area contributed by atoms with E-state index >= 15 is 0 Å². The summed E-state index contributed by atoms with van der Waals surface area (Å²) in [6.45, 7) is 5.95. The molecule has 0 atom stereocenters. The summed E-state index contributed by atoms with van der Waals surface area (Å²) in [6.07, 6.45) is 0. The second kappa shape index (κ2) is 8.27. The molecule has 1 saturated heterocycles. The van der Waals surface area contributed by atoms with E-state index in [2.05, 4.69) is 32.1 Å². The fraction of sp³-hybridized carbons (Fsp3) is 0.273. The van der Waals surface area contributed by atoms with Crippen LogP contribution in [0.25, 0.3) is 0 Å². The number of para-hydroxylation sites is 3. The van der Waals surface area contributed by atoms with Crippen LogP contribution in [0.1, 0.15) is 5.82 Å². The average molecular weight is 375 g/mol. The SMILES string of the molecule is Cc1nc(Nc2ccccc2Oc2ccccc2)cc(N2CCN(C)CC2)n1. The van der Waals surface area contributed by atoms with Crippen LogP contribution >= 0.6 is 0 Å². The van der Waals surface area contributed by atoms with Crippen LogP contribution in [0.5, 0.6) is 11.5 Å². The molecule has 144 valence electrons. The molecule has 4 rings (SSSR count). The minimum absolute atomic E-state index is 0.750. The number of nitrogens with one attached hydrogen (secondary N) is 1. The van der Waals surface area contributed by atoms with E-state index in [4.69, 9.17) is 4.74 Å². The molecule has 0 unspecified atom stereocenters. The van der Waals surface area contributed by atoms with Gasteiger partial charge in [-0.2, -0.15) is 0 Å². The Morgan fingerprint density at radius 3 is 2.39 bits per heavy atom. The zero-order chi connectivity index (χ0) is 19.3. The van der Waals surface area contributed by atoms with Crippen LogP contribution in [0.2, 0.25) is 0 Å². The van der Waals surface area contributed by atoms with Crippen molar-refractivity contribution in [2.75, 3.05) is 43.4 Å². The Balaban J connectivity index is 1.56. The maximum atomic E-state index is 6.05. The van der Waals surface area contributed by atoms with E-state index in [0.29, 0.717) is 0 Å². The van der Waals surface area contributed by atoms with E-state index in [9.17, 15) is 0 Å². The second-order valence-electron chi connectivity index (χ2n) is 6.99. The lowest BCUT2D eigenvalue weighted by atomic mass is 10.2. The predicted molar refractivity (Wildman–Crippen MR) is 113 cm³/mol. The van der Waals surface area contributed by atoms with Gasteiger partial charge < -0.3 is 19.9 Å². The first-order valence-electron chi connectivity index (χ1n) is 9.55. The molecule has 0 bridgehead atoms. The molecule has 0 aliphatic carbocycles. The highest BCUT2D eigenvalue weighted by Crippen LogP contribution is 2.31. The molecule has 2 heterocycles. The predicted octanol–water partition coefficient (Wildman–Crippen LogP) is 4.07. The van der Waals surface area contributed by atoms with E-state index in [-0.39, 0.29) is 0 Å². The third-order valence-corrected chi connectivity index (χ3v) is 4.77. The van der Waals surface area contributed by atoms with Crippen molar-refractivity contribution in [3.63, 3.8) is 0 Å². The quantitative estimate of drug-likeness (QED) is 0.725. The molecule has 1 aromatic heterocycles. The summed E-state index contributed by atoms with van der Waals surface area (Å²) in [5.41, 5.74) is 0.869. The minimum atomic E-state index is 0.750. The zero-order valence-corrected chi connectivity index (χ0v) is 16.3. The lowest BCUT2D eigenvalue weighted by Gasteiger charge is -2.33. The summed E-state index contributed by atoms with van der Waals surface area (Å²) < 4.78 is 6.05. The van der Waals surface area contributed by atoms with Crippen LogP contribution in [-0.4, -0.2) is 48.1 Å². The highest BCUT2D eigenvalue weighted by atomic mass is 16.5. The average Bonchev–Trinajstić information content (AvgIpc) is 2.70. The largest absolute Gasteiger partial charge is 0.455 e. The number of ether oxygens (including phenoxy) is 1. The number of aromatic nitrogens is 2. The van der Waals surface area contributed by atoms with Gasteiger partial charge >= 0.3 is 0 Å². The topological polar surface area (TPSA) is 53.5 Å². The van der Waals surface area contributed by atoms with Crippen LogP contribution < -0.4 is 15.0 Å². The lowest BCUT2D eigenvalue weighted by Crippen LogP contribution is -2.44. The van der Waals surface area contributed by atoms with Crippen molar-refractivity contribution in [2.45, 2.75) is 6.92 Å². The number of aryl methyl sites for hydroxylation is 1. The van der Waals surface area contributed by atoms with Gasteiger partial charge in [-0.15, -0.1) is 0 Å². The van der Waals surface area contributed by atoms with Gasteiger partial charge in [-0.3, -0.25) is 0 Å². The van der Waals surface area contributed by atoms with Gasteiger partial charge in [0.05, 0.1) is 5.69 Å². The first-order chi connectivity index (χ1) is 13.7. The first kappa shape index (κ1) is 18.3. The number of benzene rings is 2. The Morgan fingerprint density at radius 1 is 0.893 bits per heavy atom. The van der Waals surface area contributed by atoms with E-state index < -0.39 is 0 Å². The fourth-order valence-electron chi connectivity index (χ4n) is 3.23. The Hall–Kier alpha value is -3.12. The van der Waals surface area contributed by atoms with E-state index in [1.54, 1.807) is 0 Å². The van der Waals surface area contributed by atoms with Crippen molar-refractivity contribution in [3.8, 4) is 11.5 Å². The number of hydrogen-bond donors (Lipinski definition) is 1. The summed E-state index contributed by atoms with van der Waals surface area (Å²) in [5, 5.41) is 3.41. The van der Waals surface area contributed by atoms with E-state index in [1.807, 2.05) is 67.6 Å². The maximum absolute atomic E-state index is 6.05. The second-order valence-corrected chi connectivity index (χ2v) is 6.99. The van der Waals surface area contributed by atoms with Crippen LogP contribution in [0.4, 0.5) is 17.3 Å². The Kier molecular flexibility index (Phi) is 5.39. The summed E-state index contributed by atoms with van der Waals surface area (Å²) in [4.78, 5) is 13.9. The third kappa shape index (κ3) is 4.40. The molecule has 0 amide bonds. The molecule has 28 heavy (non-hydrogen) atoms. The van der Waals surface area contributed by atoms with Crippen LogP contribution in [-0.2, 0) is 0 Å². The molecule has 0 radical (unpaired) electrons. The first-order valence-corrected chi connectivity index (χ1v) is 9.55. The monoisotopic (exact) mass is 375 g/mol. The summed E-state index contributed by atoms with van der Waals surface area (Å²) in [5.74, 6) is 4.04. The molecule has 1 N–H and O–H groups in total. The molecule has 0 saturated carbocycles. The number of nitrogens with zero attached hydrogens (tertiary/aromatic N) is 4. The van der Waals surface area contributed by atoms with Gasteiger partial charge in [-0.1, -0.05) is 30.3 Å². The van der Waals surface area contributed by atoms with Crippen molar-refractivity contribution in [2.24, 2.45) is 0 Å². The molecule has 3 aromatic rings. The number of piperazine rings is 1. The molecule has 1 aliphatic heterocycles. The van der Waals surface area contributed by atoms with Gasteiger partial charge in [0, 0.05) is 32.2 Å². The Bertz CT molecular complexity index is 923. The molecule has 6 heteroatoms. The molecule has 1 aliphatic rings. The van der Waals surface area contributed by atoms with Gasteiger partial charge in [0.1, 0.15) is 23.2 Å². The summed E-state index contributed by atoms with van der Waals surface area (Å²) >= 11 is 0. The van der Waals surface area contributed by atoms with Crippen molar-refractivity contribution < 1.29 is 4.74 Å². The van der Waals surface area contributed by atoms with Gasteiger partial charge in [0.25, 0.3) is 0 Å². The highest BCUT2D eigenvalue weighted by molar-refractivity contribution is 5.66. The Labute approximate surface area is 165 Å². The van der Waals surface area contributed by atoms with Gasteiger partial charge in [0.2, 0.25) is 0 Å².